The van der Waals surface area contributed by atoms with Crippen LogP contribution in [0.2, 0.25) is 0 Å². The van der Waals surface area contributed by atoms with Crippen molar-refractivity contribution in [1.82, 2.24) is 9.38 Å². The molecule has 5 nitrogen and oxygen atoms in total. The Morgan fingerprint density at radius 3 is 2.32 bits per heavy atom. The summed E-state index contributed by atoms with van der Waals surface area (Å²) in [5, 5.41) is 0. The minimum absolute atomic E-state index is 0.120. The van der Waals surface area contributed by atoms with Gasteiger partial charge in [-0.2, -0.15) is 0 Å². The molecule has 0 fully saturated rings. The Morgan fingerprint density at radius 1 is 0.893 bits per heavy atom. The molecule has 0 amide bonds. The number of pyridine rings is 1. The van der Waals surface area contributed by atoms with Gasteiger partial charge in [0.25, 0.3) is 0 Å². The molecular formula is C23H19N3O2. The van der Waals surface area contributed by atoms with E-state index in [2.05, 4.69) is 24.3 Å². The standard InChI is InChI=1S/C23H19N3O2/c1-27-19-13-8-14-26-15-18(24-22(19)26)23-25-20(16-9-4-2-5-10-16)21(28-23)17-11-6-3-7-12-17/h2-15,20-21H,1H3/t20-,21-/m1/s1. The summed E-state index contributed by atoms with van der Waals surface area (Å²) >= 11 is 0. The van der Waals surface area contributed by atoms with Gasteiger partial charge in [0.1, 0.15) is 11.7 Å². The number of imidazole rings is 1. The zero-order valence-corrected chi connectivity index (χ0v) is 15.4. The third kappa shape index (κ3) is 2.81. The van der Waals surface area contributed by atoms with Crippen molar-refractivity contribution < 1.29 is 9.47 Å². The molecule has 0 radical (unpaired) electrons. The van der Waals surface area contributed by atoms with E-state index < -0.39 is 0 Å². The fourth-order valence-electron chi connectivity index (χ4n) is 3.58. The second-order valence-electron chi connectivity index (χ2n) is 6.67. The largest absolute Gasteiger partial charge is 0.493 e. The smallest absolute Gasteiger partial charge is 0.238 e. The number of rotatable bonds is 4. The van der Waals surface area contributed by atoms with Crippen molar-refractivity contribution in [3.8, 4) is 5.75 Å². The van der Waals surface area contributed by atoms with Gasteiger partial charge < -0.3 is 13.9 Å². The van der Waals surface area contributed by atoms with Crippen molar-refractivity contribution in [3.63, 3.8) is 0 Å². The second kappa shape index (κ2) is 6.85. The van der Waals surface area contributed by atoms with Crippen molar-refractivity contribution in [2.24, 2.45) is 4.99 Å². The number of aliphatic imine (C=N–C) groups is 1. The summed E-state index contributed by atoms with van der Waals surface area (Å²) in [7, 11) is 1.64. The van der Waals surface area contributed by atoms with Crippen molar-refractivity contribution >= 4 is 11.5 Å². The number of ether oxygens (including phenoxy) is 2. The quantitative estimate of drug-likeness (QED) is 0.528. The summed E-state index contributed by atoms with van der Waals surface area (Å²) in [6.45, 7) is 0. The van der Waals surface area contributed by atoms with Gasteiger partial charge in [0.05, 0.1) is 7.11 Å². The molecule has 1 aliphatic heterocycles. The highest BCUT2D eigenvalue weighted by Gasteiger charge is 2.35. The van der Waals surface area contributed by atoms with Gasteiger partial charge in [0.15, 0.2) is 17.5 Å². The lowest BCUT2D eigenvalue weighted by atomic mass is 9.97. The maximum atomic E-state index is 6.34. The summed E-state index contributed by atoms with van der Waals surface area (Å²) in [5.41, 5.74) is 3.65. The van der Waals surface area contributed by atoms with E-state index in [-0.39, 0.29) is 12.1 Å². The Balaban J connectivity index is 1.58. The van der Waals surface area contributed by atoms with E-state index in [0.29, 0.717) is 17.3 Å². The molecule has 5 heteroatoms. The maximum Gasteiger partial charge on any atom is 0.238 e. The van der Waals surface area contributed by atoms with Crippen LogP contribution < -0.4 is 4.74 Å². The first kappa shape index (κ1) is 16.6. The van der Waals surface area contributed by atoms with Crippen molar-refractivity contribution in [2.75, 3.05) is 7.11 Å². The lowest BCUT2D eigenvalue weighted by Gasteiger charge is -2.18. The highest BCUT2D eigenvalue weighted by molar-refractivity contribution is 5.94. The molecule has 3 heterocycles. The van der Waals surface area contributed by atoms with Gasteiger partial charge in [0.2, 0.25) is 5.90 Å². The molecule has 0 unspecified atom stereocenters. The SMILES string of the molecule is COc1cccn2cc(C3=N[C@H](c4ccccc4)[C@@H](c4ccccc4)O3)nc12. The van der Waals surface area contributed by atoms with E-state index in [0.717, 1.165) is 16.8 Å². The summed E-state index contributed by atoms with van der Waals surface area (Å²) in [5.74, 6) is 1.26. The van der Waals surface area contributed by atoms with Gasteiger partial charge in [-0.05, 0) is 23.3 Å². The van der Waals surface area contributed by atoms with E-state index in [1.807, 2.05) is 65.3 Å². The molecular weight excluding hydrogens is 350 g/mol. The molecule has 1 aliphatic rings. The van der Waals surface area contributed by atoms with Gasteiger partial charge in [0, 0.05) is 12.4 Å². The summed E-state index contributed by atoms with van der Waals surface area (Å²) in [4.78, 5) is 9.62. The van der Waals surface area contributed by atoms with Crippen LogP contribution in [0, 0.1) is 0 Å². The number of fused-ring (bicyclic) bond motifs is 1. The van der Waals surface area contributed by atoms with Crippen molar-refractivity contribution in [3.05, 3.63) is 102 Å². The van der Waals surface area contributed by atoms with Crippen LogP contribution >= 0.6 is 0 Å². The predicted molar refractivity (Wildman–Crippen MR) is 108 cm³/mol. The molecule has 28 heavy (non-hydrogen) atoms. The lowest BCUT2D eigenvalue weighted by Crippen LogP contribution is -2.09. The topological polar surface area (TPSA) is 48.1 Å². The highest BCUT2D eigenvalue weighted by Crippen LogP contribution is 2.41. The minimum atomic E-state index is -0.190. The van der Waals surface area contributed by atoms with Gasteiger partial charge >= 0.3 is 0 Å². The van der Waals surface area contributed by atoms with Crippen LogP contribution in [0.1, 0.15) is 29.0 Å². The maximum absolute atomic E-state index is 6.34. The number of methoxy groups -OCH3 is 1. The minimum Gasteiger partial charge on any atom is -0.493 e. The molecule has 0 aliphatic carbocycles. The molecule has 2 aromatic heterocycles. The first-order valence-electron chi connectivity index (χ1n) is 9.20. The fraction of sp³-hybridized carbons (Fsp3) is 0.130. The number of benzene rings is 2. The van der Waals surface area contributed by atoms with Gasteiger partial charge in [-0.1, -0.05) is 60.7 Å². The zero-order chi connectivity index (χ0) is 18.9. The Labute approximate surface area is 162 Å². The van der Waals surface area contributed by atoms with E-state index >= 15 is 0 Å². The average Bonchev–Trinajstić information content (AvgIpc) is 3.39. The lowest BCUT2D eigenvalue weighted by molar-refractivity contribution is 0.196. The molecule has 0 saturated carbocycles. The molecule has 138 valence electrons. The van der Waals surface area contributed by atoms with Crippen LogP contribution in [-0.4, -0.2) is 22.4 Å². The van der Waals surface area contributed by atoms with Crippen molar-refractivity contribution in [2.45, 2.75) is 12.1 Å². The second-order valence-corrected chi connectivity index (χ2v) is 6.67. The third-order valence-electron chi connectivity index (χ3n) is 4.94. The van der Waals surface area contributed by atoms with E-state index in [1.54, 1.807) is 7.11 Å². The molecule has 0 spiro atoms. The Morgan fingerprint density at radius 2 is 1.61 bits per heavy atom. The predicted octanol–water partition coefficient (Wildman–Crippen LogP) is 4.60. The van der Waals surface area contributed by atoms with Crippen LogP contribution in [0.3, 0.4) is 0 Å². The third-order valence-corrected chi connectivity index (χ3v) is 4.94. The van der Waals surface area contributed by atoms with Gasteiger partial charge in [-0.15, -0.1) is 0 Å². The molecule has 0 bridgehead atoms. The van der Waals surface area contributed by atoms with Gasteiger partial charge in [-0.25, -0.2) is 9.98 Å². The number of hydrogen-bond acceptors (Lipinski definition) is 4. The van der Waals surface area contributed by atoms with E-state index in [4.69, 9.17) is 19.5 Å². The molecule has 0 saturated heterocycles. The van der Waals surface area contributed by atoms with E-state index in [1.165, 1.54) is 0 Å². The Kier molecular flexibility index (Phi) is 4.05. The summed E-state index contributed by atoms with van der Waals surface area (Å²) in [6, 6.07) is 24.1. The average molecular weight is 369 g/mol. The fourth-order valence-corrected chi connectivity index (χ4v) is 3.58. The first-order chi connectivity index (χ1) is 13.8. The summed E-state index contributed by atoms with van der Waals surface area (Å²) < 4.78 is 13.7. The Bertz CT molecular complexity index is 1140. The van der Waals surface area contributed by atoms with Crippen LogP contribution in [0.15, 0.2) is 90.2 Å². The number of hydrogen-bond donors (Lipinski definition) is 0. The molecule has 2 atom stereocenters. The Hall–Kier alpha value is -3.60. The molecule has 4 aromatic rings. The van der Waals surface area contributed by atoms with Crippen LogP contribution in [0.4, 0.5) is 0 Å². The van der Waals surface area contributed by atoms with Crippen LogP contribution in [-0.2, 0) is 4.74 Å². The zero-order valence-electron chi connectivity index (χ0n) is 15.4. The first-order valence-corrected chi connectivity index (χ1v) is 9.20. The molecule has 5 rings (SSSR count). The highest BCUT2D eigenvalue weighted by atomic mass is 16.5. The number of aromatic nitrogens is 2. The van der Waals surface area contributed by atoms with Crippen molar-refractivity contribution in [1.29, 1.82) is 0 Å². The molecule has 2 aromatic carbocycles. The molecule has 0 N–H and O–H groups in total. The number of nitrogens with zero attached hydrogens (tertiary/aromatic N) is 3. The van der Waals surface area contributed by atoms with Crippen LogP contribution in [0.25, 0.3) is 5.65 Å². The van der Waals surface area contributed by atoms with E-state index in [9.17, 15) is 0 Å². The van der Waals surface area contributed by atoms with Crippen LogP contribution in [0.5, 0.6) is 5.75 Å². The monoisotopic (exact) mass is 369 g/mol. The summed E-state index contributed by atoms with van der Waals surface area (Å²) in [6.07, 6.45) is 3.67. The normalized spacial score (nSPS) is 18.7. The van der Waals surface area contributed by atoms with Gasteiger partial charge in [-0.3, -0.25) is 0 Å².